The van der Waals surface area contributed by atoms with E-state index in [4.69, 9.17) is 0 Å². The number of fused-ring (bicyclic) bond motifs is 1. The normalized spacial score (nSPS) is 18.1. The summed E-state index contributed by atoms with van der Waals surface area (Å²) in [5.41, 5.74) is 3.08. The highest BCUT2D eigenvalue weighted by Gasteiger charge is 2.16. The minimum Gasteiger partial charge on any atom is -0.313 e. The van der Waals surface area contributed by atoms with Crippen molar-refractivity contribution >= 4 is 0 Å². The van der Waals surface area contributed by atoms with Crippen LogP contribution < -0.4 is 5.32 Å². The topological polar surface area (TPSA) is 15.3 Å². The molecule has 2 rings (SSSR count). The van der Waals surface area contributed by atoms with Gasteiger partial charge in [-0.25, -0.2) is 0 Å². The molecule has 0 radical (unpaired) electrons. The lowest BCUT2D eigenvalue weighted by Gasteiger charge is -2.26. The lowest BCUT2D eigenvalue weighted by Crippen LogP contribution is -2.40. The number of benzene rings is 1. The van der Waals surface area contributed by atoms with Crippen LogP contribution in [0.15, 0.2) is 24.3 Å². The Bertz CT molecular complexity index is 362. The smallest absolute Gasteiger partial charge is 0.0237 e. The molecule has 0 bridgehead atoms. The van der Waals surface area contributed by atoms with Crippen molar-refractivity contribution < 1.29 is 0 Å². The molecule has 18 heavy (non-hydrogen) atoms. The molecular formula is C16H26N2. The number of nitrogens with one attached hydrogen (secondary N) is 1. The Morgan fingerprint density at radius 3 is 2.72 bits per heavy atom. The number of hydrogen-bond donors (Lipinski definition) is 1. The summed E-state index contributed by atoms with van der Waals surface area (Å²) in [6.07, 6.45) is 3.75. The molecule has 100 valence electrons. The number of aryl methyl sites for hydroxylation is 1. The van der Waals surface area contributed by atoms with Gasteiger partial charge < -0.3 is 5.32 Å². The summed E-state index contributed by atoms with van der Waals surface area (Å²) in [4.78, 5) is 2.61. The molecule has 1 N–H and O–H groups in total. The monoisotopic (exact) mass is 246 g/mol. The van der Waals surface area contributed by atoms with Crippen molar-refractivity contribution in [1.82, 2.24) is 10.2 Å². The van der Waals surface area contributed by atoms with Gasteiger partial charge in [-0.2, -0.15) is 0 Å². The fourth-order valence-corrected chi connectivity index (χ4v) is 2.86. The zero-order valence-electron chi connectivity index (χ0n) is 11.8. The van der Waals surface area contributed by atoms with Crippen LogP contribution in [-0.4, -0.2) is 30.6 Å². The van der Waals surface area contributed by atoms with Gasteiger partial charge in [-0.3, -0.25) is 4.90 Å². The van der Waals surface area contributed by atoms with Crippen molar-refractivity contribution in [2.45, 2.75) is 45.7 Å². The van der Waals surface area contributed by atoms with E-state index in [1.165, 1.54) is 37.9 Å². The van der Waals surface area contributed by atoms with Crippen LogP contribution in [0.4, 0.5) is 0 Å². The minimum atomic E-state index is 0.639. The van der Waals surface area contributed by atoms with Gasteiger partial charge in [0.25, 0.3) is 0 Å². The van der Waals surface area contributed by atoms with Gasteiger partial charge in [0.2, 0.25) is 0 Å². The van der Waals surface area contributed by atoms with Crippen molar-refractivity contribution in [2.75, 3.05) is 19.6 Å². The number of rotatable bonds is 5. The second-order valence-electron chi connectivity index (χ2n) is 5.27. The van der Waals surface area contributed by atoms with E-state index in [1.54, 1.807) is 5.56 Å². The number of hydrogen-bond acceptors (Lipinski definition) is 2. The quantitative estimate of drug-likeness (QED) is 0.859. The first-order chi connectivity index (χ1) is 8.83. The molecule has 0 aliphatic carbocycles. The zero-order valence-corrected chi connectivity index (χ0v) is 11.8. The summed E-state index contributed by atoms with van der Waals surface area (Å²) in [5, 5.41) is 3.58. The van der Waals surface area contributed by atoms with Gasteiger partial charge in [0.05, 0.1) is 0 Å². The number of nitrogens with zero attached hydrogens (tertiary/aromatic N) is 1. The molecule has 2 heteroatoms. The van der Waals surface area contributed by atoms with E-state index in [2.05, 4.69) is 48.3 Å². The van der Waals surface area contributed by atoms with Crippen molar-refractivity contribution in [3.05, 3.63) is 35.4 Å². The van der Waals surface area contributed by atoms with E-state index in [9.17, 15) is 0 Å². The van der Waals surface area contributed by atoms with E-state index in [0.29, 0.717) is 6.04 Å². The molecule has 0 saturated heterocycles. The van der Waals surface area contributed by atoms with Crippen LogP contribution in [0.1, 0.15) is 37.8 Å². The van der Waals surface area contributed by atoms with Gasteiger partial charge in [-0.15, -0.1) is 0 Å². The van der Waals surface area contributed by atoms with E-state index in [-0.39, 0.29) is 0 Å². The van der Waals surface area contributed by atoms with Gasteiger partial charge in [0.15, 0.2) is 0 Å². The SMILES string of the molecule is CCNC(CC)CN1CCCc2ccccc2C1. The Hall–Kier alpha value is -0.860. The summed E-state index contributed by atoms with van der Waals surface area (Å²) in [6.45, 7) is 9.08. The molecule has 2 nitrogen and oxygen atoms in total. The second-order valence-corrected chi connectivity index (χ2v) is 5.27. The lowest BCUT2D eigenvalue weighted by molar-refractivity contribution is 0.235. The van der Waals surface area contributed by atoms with Crippen LogP contribution in [-0.2, 0) is 13.0 Å². The van der Waals surface area contributed by atoms with Crippen molar-refractivity contribution in [3.63, 3.8) is 0 Å². The molecule has 1 aliphatic rings. The third kappa shape index (κ3) is 3.56. The lowest BCUT2D eigenvalue weighted by atomic mass is 10.0. The summed E-state index contributed by atoms with van der Waals surface area (Å²) in [7, 11) is 0. The Morgan fingerprint density at radius 1 is 1.22 bits per heavy atom. The van der Waals surface area contributed by atoms with E-state index >= 15 is 0 Å². The first kappa shape index (κ1) is 13.6. The molecule has 1 atom stereocenters. The van der Waals surface area contributed by atoms with Gasteiger partial charge >= 0.3 is 0 Å². The third-order valence-corrected chi connectivity index (χ3v) is 3.90. The molecule has 1 aliphatic heterocycles. The maximum absolute atomic E-state index is 3.58. The molecule has 1 heterocycles. The fraction of sp³-hybridized carbons (Fsp3) is 0.625. The molecule has 0 saturated carbocycles. The third-order valence-electron chi connectivity index (χ3n) is 3.90. The van der Waals surface area contributed by atoms with Crippen molar-refractivity contribution in [1.29, 1.82) is 0 Å². The molecule has 0 amide bonds. The average Bonchev–Trinajstić information content (AvgIpc) is 2.59. The van der Waals surface area contributed by atoms with Crippen LogP contribution in [0.5, 0.6) is 0 Å². The van der Waals surface area contributed by atoms with Crippen LogP contribution in [0.3, 0.4) is 0 Å². The van der Waals surface area contributed by atoms with Gasteiger partial charge in [-0.05, 0) is 43.5 Å². The van der Waals surface area contributed by atoms with E-state index < -0.39 is 0 Å². The molecule has 1 aromatic carbocycles. The van der Waals surface area contributed by atoms with Crippen molar-refractivity contribution in [3.8, 4) is 0 Å². The zero-order chi connectivity index (χ0) is 12.8. The highest BCUT2D eigenvalue weighted by molar-refractivity contribution is 5.28. The summed E-state index contributed by atoms with van der Waals surface area (Å²) >= 11 is 0. The highest BCUT2D eigenvalue weighted by Crippen LogP contribution is 2.18. The Kier molecular flexibility index (Phi) is 5.21. The first-order valence-electron chi connectivity index (χ1n) is 7.36. The second kappa shape index (κ2) is 6.91. The average molecular weight is 246 g/mol. The van der Waals surface area contributed by atoms with Crippen LogP contribution in [0.25, 0.3) is 0 Å². The Morgan fingerprint density at radius 2 is 2.00 bits per heavy atom. The van der Waals surface area contributed by atoms with Gasteiger partial charge in [-0.1, -0.05) is 38.1 Å². The maximum Gasteiger partial charge on any atom is 0.0237 e. The summed E-state index contributed by atoms with van der Waals surface area (Å²) in [5.74, 6) is 0. The summed E-state index contributed by atoms with van der Waals surface area (Å²) < 4.78 is 0. The van der Waals surface area contributed by atoms with Crippen LogP contribution >= 0.6 is 0 Å². The molecule has 1 unspecified atom stereocenters. The van der Waals surface area contributed by atoms with Crippen molar-refractivity contribution in [2.24, 2.45) is 0 Å². The van der Waals surface area contributed by atoms with Crippen LogP contribution in [0.2, 0.25) is 0 Å². The standard InChI is InChI=1S/C16H26N2/c1-3-16(17-4-2)13-18-11-7-10-14-8-5-6-9-15(14)12-18/h5-6,8-9,16-17H,3-4,7,10-13H2,1-2H3. The van der Waals surface area contributed by atoms with Crippen LogP contribution in [0, 0.1) is 0 Å². The predicted octanol–water partition coefficient (Wildman–Crippen LogP) is 2.82. The van der Waals surface area contributed by atoms with Gasteiger partial charge in [0.1, 0.15) is 0 Å². The Labute approximate surface area is 111 Å². The molecule has 0 aromatic heterocycles. The van der Waals surface area contributed by atoms with Gasteiger partial charge in [0, 0.05) is 19.1 Å². The minimum absolute atomic E-state index is 0.639. The molecule has 1 aromatic rings. The molecule has 0 fully saturated rings. The first-order valence-corrected chi connectivity index (χ1v) is 7.36. The fourth-order valence-electron chi connectivity index (χ4n) is 2.86. The van der Waals surface area contributed by atoms with E-state index in [1.807, 2.05) is 0 Å². The predicted molar refractivity (Wildman–Crippen MR) is 77.8 cm³/mol. The number of likely N-dealkylation sites (N-methyl/N-ethyl adjacent to an activating group) is 1. The largest absolute Gasteiger partial charge is 0.313 e. The highest BCUT2D eigenvalue weighted by atomic mass is 15.1. The Balaban J connectivity index is 1.99. The van der Waals surface area contributed by atoms with E-state index in [0.717, 1.165) is 13.1 Å². The summed E-state index contributed by atoms with van der Waals surface area (Å²) in [6, 6.07) is 9.56. The molecule has 0 spiro atoms. The molecular weight excluding hydrogens is 220 g/mol. The maximum atomic E-state index is 3.58.